The second-order valence-electron chi connectivity index (χ2n) is 10.1. The zero-order valence-electron chi connectivity index (χ0n) is 23.1. The Labute approximate surface area is 242 Å². The van der Waals surface area contributed by atoms with Crippen LogP contribution in [0.15, 0.2) is 128 Å². The topological polar surface area (TPSA) is 78.9 Å². The van der Waals surface area contributed by atoms with Crippen molar-refractivity contribution in [3.8, 4) is 34.1 Å². The summed E-state index contributed by atoms with van der Waals surface area (Å²) in [6.45, 7) is 1.12. The van der Waals surface area contributed by atoms with Gasteiger partial charge in [0.15, 0.2) is 10.9 Å². The molecule has 0 radical (unpaired) electrons. The molecule has 2 aromatic heterocycles. The number of fused-ring (bicyclic) bond motifs is 2. The summed E-state index contributed by atoms with van der Waals surface area (Å²) in [6.07, 6.45) is 3.76. The first-order valence-corrected chi connectivity index (χ1v) is 14.2. The molecule has 0 saturated heterocycles. The summed E-state index contributed by atoms with van der Waals surface area (Å²) < 4.78 is 23.7. The van der Waals surface area contributed by atoms with E-state index < -0.39 is 0 Å². The minimum atomic E-state index is -0.0928. The number of benzene rings is 4. The molecule has 6 aromatic rings. The van der Waals surface area contributed by atoms with Gasteiger partial charge >= 0.3 is 0 Å². The van der Waals surface area contributed by atoms with Gasteiger partial charge in [0.25, 0.3) is 0 Å². The molecule has 6 nitrogen and oxygen atoms in total. The maximum Gasteiger partial charge on any atom is 0.193 e. The van der Waals surface area contributed by atoms with Gasteiger partial charge in [-0.25, -0.2) is 0 Å². The number of hydrogen-bond acceptors (Lipinski definition) is 6. The monoisotopic (exact) mass is 558 g/mol. The fourth-order valence-corrected chi connectivity index (χ4v) is 4.88. The third-order valence-electron chi connectivity index (χ3n) is 7.09. The molecule has 4 aromatic carbocycles. The van der Waals surface area contributed by atoms with Gasteiger partial charge in [0.2, 0.25) is 0 Å². The van der Waals surface area contributed by atoms with Crippen LogP contribution in [0.5, 0.6) is 11.5 Å². The quantitative estimate of drug-likeness (QED) is 0.149. The Bertz CT molecular complexity index is 1780. The van der Waals surface area contributed by atoms with E-state index in [1.54, 1.807) is 24.3 Å². The van der Waals surface area contributed by atoms with E-state index in [2.05, 4.69) is 0 Å². The third kappa shape index (κ3) is 6.28. The van der Waals surface area contributed by atoms with Gasteiger partial charge in [-0.05, 0) is 62.1 Å². The molecule has 210 valence electrons. The van der Waals surface area contributed by atoms with E-state index in [9.17, 15) is 9.59 Å². The van der Waals surface area contributed by atoms with Crippen LogP contribution in [0.2, 0.25) is 0 Å². The predicted octanol–water partition coefficient (Wildman–Crippen LogP) is 8.25. The molecule has 0 fully saturated rings. The lowest BCUT2D eigenvalue weighted by Crippen LogP contribution is -2.03. The third-order valence-corrected chi connectivity index (χ3v) is 7.09. The van der Waals surface area contributed by atoms with E-state index in [4.69, 9.17) is 18.3 Å². The van der Waals surface area contributed by atoms with Gasteiger partial charge in [-0.3, -0.25) is 9.59 Å². The van der Waals surface area contributed by atoms with Crippen LogP contribution in [0.25, 0.3) is 44.6 Å². The summed E-state index contributed by atoms with van der Waals surface area (Å²) in [6, 6.07) is 33.0. The van der Waals surface area contributed by atoms with Gasteiger partial charge in [0.1, 0.15) is 34.2 Å². The number of unbranched alkanes of at least 4 members (excludes halogenated alkanes) is 3. The molecule has 0 aliphatic heterocycles. The van der Waals surface area contributed by atoms with Gasteiger partial charge in [-0.15, -0.1) is 0 Å². The lowest BCUT2D eigenvalue weighted by atomic mass is 10.1. The largest absolute Gasteiger partial charge is 0.494 e. The van der Waals surface area contributed by atoms with Crippen LogP contribution in [-0.2, 0) is 0 Å². The van der Waals surface area contributed by atoms with Crippen molar-refractivity contribution in [2.24, 2.45) is 0 Å². The highest BCUT2D eigenvalue weighted by atomic mass is 16.5. The second-order valence-corrected chi connectivity index (χ2v) is 10.1. The number of ether oxygens (including phenoxy) is 2. The zero-order valence-corrected chi connectivity index (χ0v) is 23.1. The molecule has 0 spiro atoms. The second kappa shape index (κ2) is 12.6. The van der Waals surface area contributed by atoms with Crippen molar-refractivity contribution in [2.45, 2.75) is 25.7 Å². The fraction of sp³-hybridized carbons (Fsp3) is 0.167. The maximum absolute atomic E-state index is 12.7. The molecule has 42 heavy (non-hydrogen) atoms. The molecule has 0 aliphatic carbocycles. The molecule has 6 rings (SSSR count). The van der Waals surface area contributed by atoms with Gasteiger partial charge in [0.05, 0.1) is 24.0 Å². The van der Waals surface area contributed by atoms with Crippen molar-refractivity contribution < 1.29 is 18.3 Å². The van der Waals surface area contributed by atoms with E-state index in [0.29, 0.717) is 58.2 Å². The molecular weight excluding hydrogens is 528 g/mol. The Morgan fingerprint density at radius 1 is 0.476 bits per heavy atom. The Hall–Kier alpha value is -5.10. The van der Waals surface area contributed by atoms with Crippen LogP contribution in [0.3, 0.4) is 0 Å². The molecule has 0 aliphatic rings. The molecule has 0 unspecified atom stereocenters. The summed E-state index contributed by atoms with van der Waals surface area (Å²) in [5.74, 6) is 2.41. The summed E-state index contributed by atoms with van der Waals surface area (Å²) in [7, 11) is 0. The SMILES string of the molecule is O=c1cc(-c2ccccc2)oc2ccc(OCCCCCCOc3ccc4oc(-c5ccccc5)cc(=O)c4c3)cc12. The first-order chi connectivity index (χ1) is 20.6. The maximum atomic E-state index is 12.7. The van der Waals surface area contributed by atoms with Crippen molar-refractivity contribution in [3.63, 3.8) is 0 Å². The van der Waals surface area contributed by atoms with Crippen LogP contribution in [0.4, 0.5) is 0 Å². The van der Waals surface area contributed by atoms with Crippen LogP contribution >= 0.6 is 0 Å². The highest BCUT2D eigenvalue weighted by Crippen LogP contribution is 2.26. The smallest absolute Gasteiger partial charge is 0.193 e. The van der Waals surface area contributed by atoms with Crippen molar-refractivity contribution >= 4 is 21.9 Å². The van der Waals surface area contributed by atoms with Crippen molar-refractivity contribution in [2.75, 3.05) is 13.2 Å². The summed E-state index contributed by atoms with van der Waals surface area (Å²) in [5.41, 5.74) is 2.62. The first-order valence-electron chi connectivity index (χ1n) is 14.2. The molecule has 2 heterocycles. The molecular formula is C36H30O6. The molecule has 0 saturated carbocycles. The lowest BCUT2D eigenvalue weighted by molar-refractivity contribution is 0.288. The fourth-order valence-electron chi connectivity index (χ4n) is 4.88. The van der Waals surface area contributed by atoms with Crippen LogP contribution in [0, 0.1) is 0 Å². The molecule has 0 amide bonds. The minimum Gasteiger partial charge on any atom is -0.494 e. The van der Waals surface area contributed by atoms with Gasteiger partial charge in [-0.2, -0.15) is 0 Å². The van der Waals surface area contributed by atoms with Crippen molar-refractivity contribution in [1.82, 2.24) is 0 Å². The summed E-state index contributed by atoms with van der Waals surface area (Å²) in [4.78, 5) is 25.4. The minimum absolute atomic E-state index is 0.0928. The van der Waals surface area contributed by atoms with Gasteiger partial charge in [-0.1, -0.05) is 60.7 Å². The van der Waals surface area contributed by atoms with E-state index in [1.807, 2.05) is 72.8 Å². The van der Waals surface area contributed by atoms with E-state index >= 15 is 0 Å². The average Bonchev–Trinajstić information content (AvgIpc) is 3.03. The number of hydrogen-bond donors (Lipinski definition) is 0. The average molecular weight is 559 g/mol. The molecule has 0 N–H and O–H groups in total. The predicted molar refractivity (Wildman–Crippen MR) is 165 cm³/mol. The van der Waals surface area contributed by atoms with E-state index in [-0.39, 0.29) is 10.9 Å². The van der Waals surface area contributed by atoms with Crippen LogP contribution in [0.1, 0.15) is 25.7 Å². The normalized spacial score (nSPS) is 11.1. The highest BCUT2D eigenvalue weighted by Gasteiger charge is 2.10. The molecule has 0 bridgehead atoms. The van der Waals surface area contributed by atoms with Crippen LogP contribution in [-0.4, -0.2) is 13.2 Å². The Balaban J connectivity index is 0.949. The standard InChI is InChI=1S/C36H30O6/c37-31-23-35(25-11-5-3-6-12-25)41-33-17-15-27(21-29(31)33)39-19-9-1-2-10-20-40-28-16-18-34-30(22-28)32(38)24-36(42-34)26-13-7-4-8-14-26/h3-8,11-18,21-24H,1-2,9-10,19-20H2. The number of rotatable bonds is 11. The van der Waals surface area contributed by atoms with Gasteiger partial charge < -0.3 is 18.3 Å². The van der Waals surface area contributed by atoms with Gasteiger partial charge in [0, 0.05) is 23.3 Å². The Morgan fingerprint density at radius 3 is 1.33 bits per heavy atom. The van der Waals surface area contributed by atoms with Crippen molar-refractivity contribution in [3.05, 3.63) is 130 Å². The zero-order chi connectivity index (χ0) is 28.7. The lowest BCUT2D eigenvalue weighted by Gasteiger charge is -2.09. The van der Waals surface area contributed by atoms with Crippen LogP contribution < -0.4 is 20.3 Å². The van der Waals surface area contributed by atoms with E-state index in [1.165, 1.54) is 12.1 Å². The summed E-state index contributed by atoms with van der Waals surface area (Å²) >= 11 is 0. The van der Waals surface area contributed by atoms with E-state index in [0.717, 1.165) is 36.8 Å². The Kier molecular flexibility index (Phi) is 8.13. The summed E-state index contributed by atoms with van der Waals surface area (Å²) in [5, 5.41) is 1.01. The molecule has 6 heteroatoms. The van der Waals surface area contributed by atoms with Crippen molar-refractivity contribution in [1.29, 1.82) is 0 Å². The molecule has 0 atom stereocenters. The first kappa shape index (κ1) is 27.1. The Morgan fingerprint density at radius 2 is 0.905 bits per heavy atom. The highest BCUT2D eigenvalue weighted by molar-refractivity contribution is 5.81.